The third-order valence-corrected chi connectivity index (χ3v) is 5.64. The molecular weight excluding hydrogens is 507 g/mol. The van der Waals surface area contributed by atoms with Gasteiger partial charge < -0.3 is 4.74 Å². The molecule has 1 rings (SSSR count). The first kappa shape index (κ1) is 15.7. The lowest BCUT2D eigenvalue weighted by molar-refractivity contribution is -0.140. The maximum absolute atomic E-state index is 11.2. The van der Waals surface area contributed by atoms with Crippen LogP contribution in [-0.4, -0.2) is 5.97 Å². The van der Waals surface area contributed by atoms with Crippen LogP contribution in [0.4, 0.5) is 0 Å². The normalized spacial score (nSPS) is 11.1. The van der Waals surface area contributed by atoms with Crippen LogP contribution in [0.2, 0.25) is 5.02 Å². The number of halogens is 5. The molecule has 1 aromatic rings. The molecule has 92 valence electrons. The van der Waals surface area contributed by atoms with E-state index in [2.05, 4.69) is 70.3 Å². The molecule has 1 aromatic carbocycles. The van der Waals surface area contributed by atoms with Crippen LogP contribution in [0.1, 0.15) is 5.56 Å². The average molecular weight is 512 g/mol. The maximum atomic E-state index is 11.2. The zero-order valence-corrected chi connectivity index (χ0v) is 15.2. The van der Waals surface area contributed by atoms with Crippen molar-refractivity contribution in [2.75, 3.05) is 0 Å². The molecule has 0 radical (unpaired) electrons. The minimum atomic E-state index is -1.14. The van der Waals surface area contributed by atoms with Gasteiger partial charge in [0.1, 0.15) is 0 Å². The molecule has 0 amide bonds. The van der Waals surface area contributed by atoms with Crippen LogP contribution < -0.4 is 0 Å². The lowest BCUT2D eigenvalue weighted by Crippen LogP contribution is -2.18. The number of rotatable bonds is 3. The summed E-state index contributed by atoms with van der Waals surface area (Å²) in [6.45, 7) is 3.33. The number of hydrogen-bond donors (Lipinski definition) is 0. The van der Waals surface area contributed by atoms with Crippen molar-refractivity contribution in [1.29, 1.82) is 0 Å². The highest BCUT2D eigenvalue weighted by Gasteiger charge is 2.32. The second kappa shape index (κ2) is 6.19. The Balaban J connectivity index is 3.19. The Labute approximate surface area is 137 Å². The van der Waals surface area contributed by atoms with Gasteiger partial charge in [0.05, 0.1) is 9.50 Å². The molecule has 2 nitrogen and oxygen atoms in total. The third-order valence-electron chi connectivity index (χ3n) is 1.74. The number of hydrogen-bond acceptors (Lipinski definition) is 2. The smallest absolute Gasteiger partial charge is 0.332 e. The third kappa shape index (κ3) is 3.80. The Morgan fingerprint density at radius 3 is 2.47 bits per heavy atom. The van der Waals surface area contributed by atoms with Crippen molar-refractivity contribution in [2.24, 2.45) is 0 Å². The van der Waals surface area contributed by atoms with Gasteiger partial charge in [-0.05, 0) is 69.8 Å². The van der Waals surface area contributed by atoms with Gasteiger partial charge in [0, 0.05) is 16.1 Å². The lowest BCUT2D eigenvalue weighted by Gasteiger charge is -2.22. The Morgan fingerprint density at radius 2 is 1.94 bits per heavy atom. The Hall–Kier alpha value is 0.640. The molecule has 0 saturated carbocycles. The van der Waals surface area contributed by atoms with Crippen LogP contribution in [0.15, 0.2) is 33.7 Å². The molecular formula is C10H5Br4ClO2. The number of benzene rings is 1. The average Bonchev–Trinajstić information content (AvgIpc) is 2.24. The van der Waals surface area contributed by atoms with Crippen molar-refractivity contribution in [2.45, 2.75) is 3.42 Å². The van der Waals surface area contributed by atoms with E-state index in [1.807, 2.05) is 0 Å². The molecule has 0 aliphatic rings. The van der Waals surface area contributed by atoms with Gasteiger partial charge in [0.15, 0.2) is 0 Å². The molecule has 0 aromatic heterocycles. The van der Waals surface area contributed by atoms with Gasteiger partial charge in [0.25, 0.3) is 0 Å². The quantitative estimate of drug-likeness (QED) is 0.232. The molecule has 0 unspecified atom stereocenters. The molecule has 0 spiro atoms. The summed E-state index contributed by atoms with van der Waals surface area (Å²) in [6, 6.07) is 3.40. The van der Waals surface area contributed by atoms with E-state index in [0.717, 1.165) is 6.08 Å². The second-order valence-electron chi connectivity index (χ2n) is 2.86. The van der Waals surface area contributed by atoms with Crippen LogP contribution in [0.25, 0.3) is 0 Å². The van der Waals surface area contributed by atoms with Crippen LogP contribution in [0.3, 0.4) is 0 Å². The molecule has 0 heterocycles. The first-order valence-electron chi connectivity index (χ1n) is 4.16. The van der Waals surface area contributed by atoms with Crippen LogP contribution >= 0.6 is 75.3 Å². The highest BCUT2D eigenvalue weighted by molar-refractivity contribution is 9.24. The summed E-state index contributed by atoms with van der Waals surface area (Å²) in [6.07, 6.45) is 1.08. The first-order chi connectivity index (χ1) is 7.79. The van der Waals surface area contributed by atoms with E-state index >= 15 is 0 Å². The fourth-order valence-electron chi connectivity index (χ4n) is 0.974. The molecule has 17 heavy (non-hydrogen) atoms. The van der Waals surface area contributed by atoms with Crippen LogP contribution in [0, 0.1) is 0 Å². The summed E-state index contributed by atoms with van der Waals surface area (Å²) in [5.41, 5.74) is 0.656. The minimum Gasteiger partial charge on any atom is -0.429 e. The van der Waals surface area contributed by atoms with Crippen molar-refractivity contribution < 1.29 is 9.53 Å². The van der Waals surface area contributed by atoms with E-state index in [4.69, 9.17) is 16.3 Å². The number of ether oxygens (including phenoxy) is 1. The maximum Gasteiger partial charge on any atom is 0.332 e. The highest BCUT2D eigenvalue weighted by atomic mass is 79.9. The Kier molecular flexibility index (Phi) is 5.72. The van der Waals surface area contributed by atoms with Crippen molar-refractivity contribution in [1.82, 2.24) is 0 Å². The summed E-state index contributed by atoms with van der Waals surface area (Å²) in [5, 5.41) is 0.548. The highest BCUT2D eigenvalue weighted by Crippen LogP contribution is 2.46. The fourth-order valence-corrected chi connectivity index (χ4v) is 3.73. The SMILES string of the molecule is C=CC(=O)OC(Br)(Br)c1ccc(Cl)c(Br)c1Br. The Bertz CT molecular complexity index is 474. The zero-order chi connectivity index (χ0) is 13.2. The molecule has 0 atom stereocenters. The van der Waals surface area contributed by atoms with Crippen molar-refractivity contribution in [3.05, 3.63) is 44.3 Å². The predicted octanol–water partition coefficient (Wildman–Crippen LogP) is 5.49. The predicted molar refractivity (Wildman–Crippen MR) is 82.7 cm³/mol. The number of esters is 1. The minimum absolute atomic E-state index is 0.548. The van der Waals surface area contributed by atoms with E-state index in [-0.39, 0.29) is 0 Å². The monoisotopic (exact) mass is 508 g/mol. The topological polar surface area (TPSA) is 26.3 Å². The van der Waals surface area contributed by atoms with Crippen molar-refractivity contribution in [3.8, 4) is 0 Å². The van der Waals surface area contributed by atoms with Gasteiger partial charge >= 0.3 is 5.97 Å². The van der Waals surface area contributed by atoms with Gasteiger partial charge in [0.2, 0.25) is 3.42 Å². The van der Waals surface area contributed by atoms with Gasteiger partial charge in [-0.3, -0.25) is 0 Å². The first-order valence-corrected chi connectivity index (χ1v) is 7.71. The molecule has 0 aliphatic carbocycles. The van der Waals surface area contributed by atoms with E-state index in [0.29, 0.717) is 19.5 Å². The number of carbonyl (C=O) groups is 1. The van der Waals surface area contributed by atoms with Crippen molar-refractivity contribution in [3.63, 3.8) is 0 Å². The zero-order valence-electron chi connectivity index (χ0n) is 8.15. The van der Waals surface area contributed by atoms with Crippen LogP contribution in [-0.2, 0) is 13.0 Å². The van der Waals surface area contributed by atoms with Gasteiger partial charge in [-0.25, -0.2) is 4.79 Å². The Morgan fingerprint density at radius 1 is 1.35 bits per heavy atom. The molecule has 0 fully saturated rings. The second-order valence-corrected chi connectivity index (χ2v) is 8.16. The fraction of sp³-hybridized carbons (Fsp3) is 0.100. The van der Waals surface area contributed by atoms with E-state index in [1.54, 1.807) is 12.1 Å². The van der Waals surface area contributed by atoms with E-state index in [9.17, 15) is 4.79 Å². The van der Waals surface area contributed by atoms with Crippen molar-refractivity contribution >= 4 is 81.3 Å². The van der Waals surface area contributed by atoms with E-state index < -0.39 is 9.39 Å². The largest absolute Gasteiger partial charge is 0.429 e. The summed E-state index contributed by atoms with van der Waals surface area (Å²) in [5.74, 6) is -0.559. The molecule has 0 bridgehead atoms. The number of carbonyl (C=O) groups excluding carboxylic acids is 1. The lowest BCUT2D eigenvalue weighted by atomic mass is 10.2. The summed E-state index contributed by atoms with van der Waals surface area (Å²) in [4.78, 5) is 11.2. The molecule has 7 heteroatoms. The summed E-state index contributed by atoms with van der Waals surface area (Å²) in [7, 11) is 0. The molecule has 0 aliphatic heterocycles. The number of alkyl halides is 2. The summed E-state index contributed by atoms with van der Waals surface area (Å²) >= 11 is 19.2. The van der Waals surface area contributed by atoms with Gasteiger partial charge in [-0.15, -0.1) is 0 Å². The van der Waals surface area contributed by atoms with Gasteiger partial charge in [-0.1, -0.05) is 24.2 Å². The van der Waals surface area contributed by atoms with E-state index in [1.165, 1.54) is 0 Å². The standard InChI is InChI=1S/C10H5Br4ClO2/c1-2-7(16)17-10(13,14)5-3-4-6(15)9(12)8(5)11/h2-4H,1H2. The van der Waals surface area contributed by atoms with Crippen LogP contribution in [0.5, 0.6) is 0 Å². The summed E-state index contributed by atoms with van der Waals surface area (Å²) < 4.78 is 5.34. The molecule has 0 N–H and O–H groups in total. The van der Waals surface area contributed by atoms with Gasteiger partial charge in [-0.2, -0.15) is 0 Å². The molecule has 0 saturated heterocycles.